The Labute approximate surface area is 227 Å². The lowest BCUT2D eigenvalue weighted by Crippen LogP contribution is -2.46. The standard InChI is InChI=1S/C30H32N4O5/c1-18-6-4-7-23(26-8-5-9-27(32-26)34-29(37-3)24(12-31-34)30(35)36)28(18)39-15-20-10-19(2)25-14-33(13-21(25)11-20)22-16-38-17-22/h5,7-12,22H,4,6,13-17H2,1-3H3,(H,35,36). The van der Waals surface area contributed by atoms with Gasteiger partial charge in [0.15, 0.2) is 5.82 Å². The zero-order valence-electron chi connectivity index (χ0n) is 22.4. The number of carboxylic acid groups (broad SMARTS) is 1. The van der Waals surface area contributed by atoms with Gasteiger partial charge in [0, 0.05) is 18.7 Å². The van der Waals surface area contributed by atoms with Crippen LogP contribution in [0.3, 0.4) is 0 Å². The molecule has 1 fully saturated rings. The van der Waals surface area contributed by atoms with E-state index in [9.17, 15) is 9.90 Å². The van der Waals surface area contributed by atoms with Crippen molar-refractivity contribution in [1.82, 2.24) is 19.7 Å². The van der Waals surface area contributed by atoms with E-state index >= 15 is 0 Å². The molecule has 4 heterocycles. The summed E-state index contributed by atoms with van der Waals surface area (Å²) in [4.78, 5) is 18.9. The quantitative estimate of drug-likeness (QED) is 0.451. The number of aromatic carboxylic acids is 1. The molecule has 1 aromatic carbocycles. The maximum absolute atomic E-state index is 11.6. The van der Waals surface area contributed by atoms with Crippen molar-refractivity contribution in [1.29, 1.82) is 0 Å². The van der Waals surface area contributed by atoms with Gasteiger partial charge in [-0.3, -0.25) is 4.90 Å². The molecule has 3 aliphatic rings. The zero-order valence-corrected chi connectivity index (χ0v) is 22.4. The van der Waals surface area contributed by atoms with Crippen LogP contribution in [-0.2, 0) is 29.2 Å². The van der Waals surface area contributed by atoms with Crippen molar-refractivity contribution in [3.05, 3.63) is 87.4 Å². The number of fused-ring (bicyclic) bond motifs is 1. The molecule has 0 amide bonds. The molecular formula is C30H32N4O5. The Balaban J connectivity index is 1.23. The van der Waals surface area contributed by atoms with E-state index in [0.29, 0.717) is 18.5 Å². The molecule has 6 rings (SSSR count). The van der Waals surface area contributed by atoms with E-state index in [4.69, 9.17) is 19.2 Å². The number of carboxylic acids is 1. The Morgan fingerprint density at radius 1 is 1.21 bits per heavy atom. The van der Waals surface area contributed by atoms with Gasteiger partial charge in [-0.2, -0.15) is 9.78 Å². The van der Waals surface area contributed by atoms with Crippen LogP contribution < -0.4 is 4.74 Å². The van der Waals surface area contributed by atoms with Crippen LogP contribution in [0.2, 0.25) is 0 Å². The van der Waals surface area contributed by atoms with Crippen LogP contribution in [0.5, 0.6) is 5.88 Å². The van der Waals surface area contributed by atoms with Crippen molar-refractivity contribution < 1.29 is 24.1 Å². The van der Waals surface area contributed by atoms with Crippen LogP contribution in [0.25, 0.3) is 11.4 Å². The number of benzene rings is 1. The number of aryl methyl sites for hydroxylation is 1. The Morgan fingerprint density at radius 3 is 2.79 bits per heavy atom. The largest absolute Gasteiger partial charge is 0.488 e. The van der Waals surface area contributed by atoms with E-state index in [1.54, 1.807) is 6.07 Å². The fraction of sp³-hybridized carbons (Fsp3) is 0.367. The lowest BCUT2D eigenvalue weighted by molar-refractivity contribution is -0.0670. The summed E-state index contributed by atoms with van der Waals surface area (Å²) >= 11 is 0. The van der Waals surface area contributed by atoms with Crippen LogP contribution in [-0.4, -0.2) is 57.1 Å². The molecule has 2 aromatic heterocycles. The molecule has 2 aliphatic heterocycles. The number of pyridine rings is 1. The van der Waals surface area contributed by atoms with E-state index in [0.717, 1.165) is 61.7 Å². The summed E-state index contributed by atoms with van der Waals surface area (Å²) in [6.45, 7) is 8.37. The second-order valence-corrected chi connectivity index (χ2v) is 10.4. The van der Waals surface area contributed by atoms with Gasteiger partial charge in [-0.15, -0.1) is 0 Å². The van der Waals surface area contributed by atoms with Gasteiger partial charge in [-0.1, -0.05) is 24.3 Å². The minimum atomic E-state index is -1.11. The molecular weight excluding hydrogens is 496 g/mol. The van der Waals surface area contributed by atoms with Crippen LogP contribution in [0, 0.1) is 6.92 Å². The summed E-state index contributed by atoms with van der Waals surface area (Å²) in [6, 6.07) is 10.6. The first-order valence-electron chi connectivity index (χ1n) is 13.2. The third kappa shape index (κ3) is 4.72. The minimum absolute atomic E-state index is 0.0184. The third-order valence-corrected chi connectivity index (χ3v) is 7.76. The molecule has 9 nitrogen and oxygen atoms in total. The van der Waals surface area contributed by atoms with Gasteiger partial charge in [0.05, 0.1) is 38.3 Å². The molecule has 39 heavy (non-hydrogen) atoms. The van der Waals surface area contributed by atoms with Gasteiger partial charge in [0.25, 0.3) is 0 Å². The minimum Gasteiger partial charge on any atom is -0.488 e. The number of hydrogen-bond acceptors (Lipinski definition) is 7. The number of hydrogen-bond donors (Lipinski definition) is 1. The van der Waals surface area contributed by atoms with Crippen molar-refractivity contribution in [2.75, 3.05) is 20.3 Å². The van der Waals surface area contributed by atoms with Crippen molar-refractivity contribution >= 4 is 11.5 Å². The highest BCUT2D eigenvalue weighted by Gasteiger charge is 2.31. The van der Waals surface area contributed by atoms with E-state index in [1.807, 2.05) is 12.1 Å². The molecule has 202 valence electrons. The van der Waals surface area contributed by atoms with E-state index in [2.05, 4.69) is 42.1 Å². The topological polar surface area (TPSA) is 98.9 Å². The third-order valence-electron chi connectivity index (χ3n) is 7.76. The molecule has 0 unspecified atom stereocenters. The zero-order chi connectivity index (χ0) is 27.1. The van der Waals surface area contributed by atoms with Crippen LogP contribution in [0.1, 0.15) is 58.1 Å². The highest BCUT2D eigenvalue weighted by Crippen LogP contribution is 2.35. The number of aromatic nitrogens is 3. The summed E-state index contributed by atoms with van der Waals surface area (Å²) in [5, 5.41) is 13.7. The second kappa shape index (κ2) is 10.3. The van der Waals surface area contributed by atoms with Crippen molar-refractivity contribution in [3.8, 4) is 11.7 Å². The van der Waals surface area contributed by atoms with Gasteiger partial charge in [-0.25, -0.2) is 9.78 Å². The lowest BCUT2D eigenvalue weighted by atomic mass is 9.95. The van der Waals surface area contributed by atoms with Gasteiger partial charge >= 0.3 is 5.97 Å². The number of ether oxygens (including phenoxy) is 3. The molecule has 0 spiro atoms. The normalized spacial score (nSPS) is 17.6. The molecule has 3 aromatic rings. The summed E-state index contributed by atoms with van der Waals surface area (Å²) < 4.78 is 18.7. The summed E-state index contributed by atoms with van der Waals surface area (Å²) in [6.07, 6.45) is 5.25. The summed E-state index contributed by atoms with van der Waals surface area (Å²) in [7, 11) is 1.42. The maximum Gasteiger partial charge on any atom is 0.342 e. The number of methoxy groups -OCH3 is 1. The van der Waals surface area contributed by atoms with Crippen LogP contribution in [0.4, 0.5) is 0 Å². The molecule has 1 saturated heterocycles. The van der Waals surface area contributed by atoms with Gasteiger partial charge < -0.3 is 19.3 Å². The highest BCUT2D eigenvalue weighted by molar-refractivity contribution is 5.90. The molecule has 0 radical (unpaired) electrons. The van der Waals surface area contributed by atoms with Crippen LogP contribution in [0.15, 0.2) is 53.9 Å². The molecule has 1 aliphatic carbocycles. The van der Waals surface area contributed by atoms with E-state index in [1.165, 1.54) is 40.3 Å². The molecule has 9 heteroatoms. The van der Waals surface area contributed by atoms with E-state index in [-0.39, 0.29) is 11.4 Å². The predicted octanol–water partition coefficient (Wildman–Crippen LogP) is 4.66. The van der Waals surface area contributed by atoms with Crippen molar-refractivity contribution in [2.45, 2.75) is 52.4 Å². The second-order valence-electron chi connectivity index (χ2n) is 10.4. The predicted molar refractivity (Wildman–Crippen MR) is 145 cm³/mol. The first kappa shape index (κ1) is 25.3. The average molecular weight is 529 g/mol. The Morgan fingerprint density at radius 2 is 2.05 bits per heavy atom. The highest BCUT2D eigenvalue weighted by atomic mass is 16.5. The fourth-order valence-corrected chi connectivity index (χ4v) is 5.57. The molecule has 1 N–H and O–H groups in total. The Hall–Kier alpha value is -3.95. The number of carbonyl (C=O) groups is 1. The molecule has 0 atom stereocenters. The number of allylic oxidation sites excluding steroid dienone is 3. The number of rotatable bonds is 8. The van der Waals surface area contributed by atoms with Crippen molar-refractivity contribution in [3.63, 3.8) is 0 Å². The smallest absolute Gasteiger partial charge is 0.342 e. The fourth-order valence-electron chi connectivity index (χ4n) is 5.57. The van der Waals surface area contributed by atoms with Crippen molar-refractivity contribution in [2.24, 2.45) is 0 Å². The Kier molecular flexibility index (Phi) is 6.70. The van der Waals surface area contributed by atoms with Gasteiger partial charge in [-0.05, 0) is 66.6 Å². The summed E-state index contributed by atoms with van der Waals surface area (Å²) in [5.74, 6) is 0.334. The average Bonchev–Trinajstić information content (AvgIpc) is 3.51. The summed E-state index contributed by atoms with van der Waals surface area (Å²) in [5.41, 5.74) is 8.11. The first-order chi connectivity index (χ1) is 18.9. The molecule has 0 saturated carbocycles. The van der Waals surface area contributed by atoms with E-state index < -0.39 is 5.97 Å². The van der Waals surface area contributed by atoms with Gasteiger partial charge in [0.1, 0.15) is 17.9 Å². The van der Waals surface area contributed by atoms with Gasteiger partial charge in [0.2, 0.25) is 5.88 Å². The number of nitrogens with zero attached hydrogens (tertiary/aromatic N) is 4. The molecule has 0 bridgehead atoms. The first-order valence-corrected chi connectivity index (χ1v) is 13.2. The Bertz CT molecular complexity index is 1500. The maximum atomic E-state index is 11.6. The lowest BCUT2D eigenvalue weighted by Gasteiger charge is -2.34. The monoisotopic (exact) mass is 528 g/mol. The SMILES string of the molecule is COc1c(C(=O)O)cnn1-c1cccc(C2=CCCC(C)=C2OCc2cc(C)c3c(c2)CN(C2COC2)C3)n1. The van der Waals surface area contributed by atoms with Crippen LogP contribution >= 0.6 is 0 Å².